The summed E-state index contributed by atoms with van der Waals surface area (Å²) in [5.41, 5.74) is 5.54. The molecule has 4 nitrogen and oxygen atoms in total. The smallest absolute Gasteiger partial charge is 0.240 e. The summed E-state index contributed by atoms with van der Waals surface area (Å²) < 4.78 is 27.4. The third-order valence-corrected chi connectivity index (χ3v) is 4.36. The maximum absolute atomic E-state index is 12.0. The van der Waals surface area contributed by atoms with E-state index in [1.165, 1.54) is 0 Å². The number of hydrogen-bond acceptors (Lipinski definition) is 3. The summed E-state index contributed by atoms with van der Waals surface area (Å²) >= 11 is 3.25. The van der Waals surface area contributed by atoms with Crippen LogP contribution >= 0.6 is 15.9 Å². The third-order valence-electron chi connectivity index (χ3n) is 2.35. The number of halogens is 1. The zero-order valence-electron chi connectivity index (χ0n) is 9.69. The van der Waals surface area contributed by atoms with Crippen molar-refractivity contribution in [2.24, 2.45) is 5.73 Å². The second-order valence-corrected chi connectivity index (χ2v) is 6.43. The van der Waals surface area contributed by atoms with Crippen molar-refractivity contribution in [3.63, 3.8) is 0 Å². The Morgan fingerprint density at radius 3 is 2.71 bits per heavy atom. The van der Waals surface area contributed by atoms with Gasteiger partial charge in [0.1, 0.15) is 0 Å². The van der Waals surface area contributed by atoms with Gasteiger partial charge in [0.2, 0.25) is 10.0 Å². The first kappa shape index (κ1) is 14.6. The van der Waals surface area contributed by atoms with E-state index in [1.54, 1.807) is 24.3 Å². The van der Waals surface area contributed by atoms with Crippen LogP contribution in [0.3, 0.4) is 0 Å². The van der Waals surface area contributed by atoms with Crippen LogP contribution in [0.2, 0.25) is 0 Å². The molecule has 17 heavy (non-hydrogen) atoms. The molecule has 0 heterocycles. The third kappa shape index (κ3) is 4.39. The van der Waals surface area contributed by atoms with Crippen molar-refractivity contribution < 1.29 is 8.42 Å². The first-order valence-electron chi connectivity index (χ1n) is 5.47. The fraction of sp³-hybridized carbons (Fsp3) is 0.455. The van der Waals surface area contributed by atoms with E-state index < -0.39 is 10.0 Å². The number of hydrogen-bond donors (Lipinski definition) is 2. The van der Waals surface area contributed by atoms with Crippen molar-refractivity contribution >= 4 is 26.0 Å². The molecule has 0 saturated carbocycles. The fourth-order valence-electron chi connectivity index (χ4n) is 1.49. The van der Waals surface area contributed by atoms with Crippen LogP contribution in [0.1, 0.15) is 19.8 Å². The van der Waals surface area contributed by atoms with E-state index in [-0.39, 0.29) is 10.9 Å². The van der Waals surface area contributed by atoms with E-state index in [1.807, 2.05) is 6.92 Å². The van der Waals surface area contributed by atoms with Crippen molar-refractivity contribution in [2.45, 2.75) is 30.7 Å². The van der Waals surface area contributed by atoms with Crippen LogP contribution in [-0.2, 0) is 10.0 Å². The SMILES string of the molecule is CCCC(CN)NS(=O)(=O)c1cccc(Br)c1. The van der Waals surface area contributed by atoms with Gasteiger partial charge in [-0.1, -0.05) is 35.3 Å². The molecule has 1 rings (SSSR count). The molecule has 0 saturated heterocycles. The molecule has 0 aliphatic carbocycles. The van der Waals surface area contributed by atoms with Crippen LogP contribution in [0.4, 0.5) is 0 Å². The Bertz CT molecular complexity index is 462. The Kier molecular flexibility index (Phi) is 5.58. The molecule has 1 aromatic carbocycles. The minimum Gasteiger partial charge on any atom is -0.329 e. The van der Waals surface area contributed by atoms with Gasteiger partial charge in [0.25, 0.3) is 0 Å². The largest absolute Gasteiger partial charge is 0.329 e. The van der Waals surface area contributed by atoms with E-state index in [4.69, 9.17) is 5.73 Å². The van der Waals surface area contributed by atoms with Crippen molar-refractivity contribution in [2.75, 3.05) is 6.54 Å². The lowest BCUT2D eigenvalue weighted by molar-refractivity contribution is 0.527. The normalized spacial score (nSPS) is 13.6. The van der Waals surface area contributed by atoms with Crippen molar-refractivity contribution in [1.82, 2.24) is 4.72 Å². The quantitative estimate of drug-likeness (QED) is 0.840. The van der Waals surface area contributed by atoms with Crippen molar-refractivity contribution in [3.8, 4) is 0 Å². The van der Waals surface area contributed by atoms with Crippen LogP contribution in [0.15, 0.2) is 33.6 Å². The van der Waals surface area contributed by atoms with Crippen LogP contribution in [0, 0.1) is 0 Å². The zero-order chi connectivity index (χ0) is 12.9. The van der Waals surface area contributed by atoms with E-state index in [9.17, 15) is 8.42 Å². The molecule has 1 atom stereocenters. The lowest BCUT2D eigenvalue weighted by Crippen LogP contribution is -2.39. The van der Waals surface area contributed by atoms with Gasteiger partial charge in [-0.3, -0.25) is 0 Å². The molecular formula is C11H17BrN2O2S. The number of nitrogens with two attached hydrogens (primary N) is 1. The highest BCUT2D eigenvalue weighted by Crippen LogP contribution is 2.16. The molecule has 0 aromatic heterocycles. The van der Waals surface area contributed by atoms with E-state index in [2.05, 4.69) is 20.7 Å². The lowest BCUT2D eigenvalue weighted by Gasteiger charge is -2.16. The minimum atomic E-state index is -3.48. The van der Waals surface area contributed by atoms with Gasteiger partial charge in [-0.05, 0) is 24.6 Å². The standard InChI is InChI=1S/C11H17BrN2O2S/c1-2-4-10(8-13)14-17(15,16)11-6-3-5-9(12)7-11/h3,5-7,10,14H,2,4,8,13H2,1H3. The summed E-state index contributed by atoms with van der Waals surface area (Å²) in [6, 6.07) is 6.40. The Hall–Kier alpha value is -0.430. The highest BCUT2D eigenvalue weighted by atomic mass is 79.9. The maximum atomic E-state index is 12.0. The number of nitrogens with one attached hydrogen (secondary N) is 1. The fourth-order valence-corrected chi connectivity index (χ4v) is 3.37. The second kappa shape index (κ2) is 6.49. The average molecular weight is 321 g/mol. The Labute approximate surface area is 111 Å². The molecule has 1 aromatic rings. The predicted octanol–water partition coefficient (Wildman–Crippen LogP) is 1.85. The van der Waals surface area contributed by atoms with Crippen LogP contribution in [0.5, 0.6) is 0 Å². The first-order valence-corrected chi connectivity index (χ1v) is 7.75. The number of rotatable bonds is 6. The van der Waals surface area contributed by atoms with Gasteiger partial charge in [0.15, 0.2) is 0 Å². The van der Waals surface area contributed by atoms with Gasteiger partial charge in [0.05, 0.1) is 4.90 Å². The Morgan fingerprint density at radius 2 is 2.18 bits per heavy atom. The van der Waals surface area contributed by atoms with E-state index in [0.717, 1.165) is 17.3 Å². The molecule has 0 aliphatic heterocycles. The Morgan fingerprint density at radius 1 is 1.47 bits per heavy atom. The number of benzene rings is 1. The Balaban J connectivity index is 2.88. The van der Waals surface area contributed by atoms with Crippen LogP contribution in [0.25, 0.3) is 0 Å². The molecule has 0 bridgehead atoms. The summed E-state index contributed by atoms with van der Waals surface area (Å²) in [7, 11) is -3.48. The molecule has 0 aliphatic rings. The van der Waals surface area contributed by atoms with E-state index in [0.29, 0.717) is 6.54 Å². The maximum Gasteiger partial charge on any atom is 0.240 e. The lowest BCUT2D eigenvalue weighted by atomic mass is 10.2. The van der Waals surface area contributed by atoms with Gasteiger partial charge < -0.3 is 5.73 Å². The molecule has 6 heteroatoms. The number of sulfonamides is 1. The summed E-state index contributed by atoms with van der Waals surface area (Å²) in [4.78, 5) is 0.251. The molecule has 0 fully saturated rings. The molecule has 96 valence electrons. The van der Waals surface area contributed by atoms with Crippen LogP contribution in [-0.4, -0.2) is 21.0 Å². The van der Waals surface area contributed by atoms with Gasteiger partial charge in [-0.25, -0.2) is 13.1 Å². The first-order chi connectivity index (χ1) is 7.99. The second-order valence-electron chi connectivity index (χ2n) is 3.80. The van der Waals surface area contributed by atoms with Gasteiger partial charge in [-0.15, -0.1) is 0 Å². The highest BCUT2D eigenvalue weighted by Gasteiger charge is 2.18. The molecule has 0 radical (unpaired) electrons. The summed E-state index contributed by atoms with van der Waals surface area (Å²) in [6.45, 7) is 2.30. The molecule has 0 amide bonds. The monoisotopic (exact) mass is 320 g/mol. The van der Waals surface area contributed by atoms with Gasteiger partial charge >= 0.3 is 0 Å². The van der Waals surface area contributed by atoms with Crippen LogP contribution < -0.4 is 10.5 Å². The van der Waals surface area contributed by atoms with Gasteiger partial charge in [0, 0.05) is 17.1 Å². The summed E-state index contributed by atoms with van der Waals surface area (Å²) in [5.74, 6) is 0. The predicted molar refractivity (Wildman–Crippen MR) is 72.2 cm³/mol. The zero-order valence-corrected chi connectivity index (χ0v) is 12.1. The highest BCUT2D eigenvalue weighted by molar-refractivity contribution is 9.10. The molecular weight excluding hydrogens is 304 g/mol. The van der Waals surface area contributed by atoms with Crippen molar-refractivity contribution in [3.05, 3.63) is 28.7 Å². The van der Waals surface area contributed by atoms with Gasteiger partial charge in [-0.2, -0.15) is 0 Å². The molecule has 3 N–H and O–H groups in total. The van der Waals surface area contributed by atoms with E-state index >= 15 is 0 Å². The molecule has 1 unspecified atom stereocenters. The average Bonchev–Trinajstić information content (AvgIpc) is 2.28. The van der Waals surface area contributed by atoms with Crippen molar-refractivity contribution in [1.29, 1.82) is 0 Å². The molecule has 0 spiro atoms. The topological polar surface area (TPSA) is 72.2 Å². The summed E-state index contributed by atoms with van der Waals surface area (Å²) in [6.07, 6.45) is 1.63. The minimum absolute atomic E-state index is 0.205. The summed E-state index contributed by atoms with van der Waals surface area (Å²) in [5, 5.41) is 0.